The van der Waals surface area contributed by atoms with E-state index in [0.717, 1.165) is 11.3 Å². The summed E-state index contributed by atoms with van der Waals surface area (Å²) in [7, 11) is 0. The molecule has 0 bridgehead atoms. The van der Waals surface area contributed by atoms with Crippen LogP contribution in [0, 0.1) is 11.3 Å². The highest BCUT2D eigenvalue weighted by Crippen LogP contribution is 2.28. The average Bonchev–Trinajstić information content (AvgIpc) is 2.33. The third kappa shape index (κ3) is 4.23. The molecule has 1 atom stereocenters. The van der Waals surface area contributed by atoms with E-state index < -0.39 is 11.7 Å². The molecule has 0 spiro atoms. The van der Waals surface area contributed by atoms with Gasteiger partial charge < -0.3 is 15.1 Å². The van der Waals surface area contributed by atoms with Gasteiger partial charge in [-0.2, -0.15) is 5.26 Å². The van der Waals surface area contributed by atoms with Crippen LogP contribution in [0.2, 0.25) is 0 Å². The van der Waals surface area contributed by atoms with Crippen molar-refractivity contribution in [2.75, 3.05) is 18.0 Å². The fourth-order valence-electron chi connectivity index (χ4n) is 2.07. The molecule has 0 aromatic heterocycles. The lowest BCUT2D eigenvalue weighted by atomic mass is 10.0. The van der Waals surface area contributed by atoms with Crippen molar-refractivity contribution in [1.82, 2.24) is 0 Å². The van der Waals surface area contributed by atoms with Crippen molar-refractivity contribution in [3.05, 3.63) is 29.3 Å². The summed E-state index contributed by atoms with van der Waals surface area (Å²) < 4.78 is 0. The summed E-state index contributed by atoms with van der Waals surface area (Å²) in [6.07, 6.45) is -0.612. The highest BCUT2D eigenvalue weighted by molar-refractivity contribution is 5.58. The Balaban J connectivity index is 3.24. The number of anilines is 1. The van der Waals surface area contributed by atoms with Gasteiger partial charge in [0.05, 0.1) is 23.3 Å². The van der Waals surface area contributed by atoms with Crippen LogP contribution in [0.5, 0.6) is 0 Å². The third-order valence-electron chi connectivity index (χ3n) is 2.91. The number of hydrogen-bond acceptors (Lipinski definition) is 4. The number of nitriles is 1. The van der Waals surface area contributed by atoms with Crippen LogP contribution in [0.1, 0.15) is 44.9 Å². The number of nitrogens with zero attached hydrogens (tertiary/aromatic N) is 2. The Kier molecular flexibility index (Phi) is 4.93. The maximum Gasteiger partial charge on any atom is 0.0992 e. The second-order valence-electron chi connectivity index (χ2n) is 5.39. The van der Waals surface area contributed by atoms with Gasteiger partial charge in [-0.05, 0) is 39.8 Å². The molecular formula is C15H22N2O2. The van der Waals surface area contributed by atoms with Crippen LogP contribution in [0.4, 0.5) is 5.69 Å². The summed E-state index contributed by atoms with van der Waals surface area (Å²) in [6.45, 7) is 8.30. The van der Waals surface area contributed by atoms with Gasteiger partial charge in [-0.25, -0.2) is 0 Å². The van der Waals surface area contributed by atoms with Crippen LogP contribution >= 0.6 is 0 Å². The number of likely N-dealkylation sites (N-methyl/N-ethyl adjacent to an activating group) is 1. The minimum atomic E-state index is -0.839. The van der Waals surface area contributed by atoms with Gasteiger partial charge in [0.25, 0.3) is 0 Å². The second kappa shape index (κ2) is 6.05. The zero-order valence-electron chi connectivity index (χ0n) is 12.0. The van der Waals surface area contributed by atoms with E-state index in [1.807, 2.05) is 11.8 Å². The van der Waals surface area contributed by atoms with Crippen molar-refractivity contribution in [3.63, 3.8) is 0 Å². The van der Waals surface area contributed by atoms with Gasteiger partial charge in [-0.15, -0.1) is 0 Å². The topological polar surface area (TPSA) is 67.5 Å². The van der Waals surface area contributed by atoms with E-state index in [4.69, 9.17) is 5.26 Å². The van der Waals surface area contributed by atoms with Crippen LogP contribution < -0.4 is 4.90 Å². The van der Waals surface area contributed by atoms with Gasteiger partial charge in [0.15, 0.2) is 0 Å². The second-order valence-corrected chi connectivity index (χ2v) is 5.39. The SMILES string of the molecule is CCN(CC(C)(C)O)c1cc(C#N)ccc1[C@@H](C)O. The molecule has 4 nitrogen and oxygen atoms in total. The number of rotatable bonds is 5. The molecule has 1 aromatic rings. The van der Waals surface area contributed by atoms with Crippen molar-refractivity contribution in [3.8, 4) is 6.07 Å². The van der Waals surface area contributed by atoms with E-state index in [9.17, 15) is 10.2 Å². The van der Waals surface area contributed by atoms with E-state index >= 15 is 0 Å². The van der Waals surface area contributed by atoms with E-state index in [1.165, 1.54) is 0 Å². The molecule has 104 valence electrons. The molecule has 4 heteroatoms. The van der Waals surface area contributed by atoms with Crippen molar-refractivity contribution in [2.24, 2.45) is 0 Å². The van der Waals surface area contributed by atoms with E-state index in [-0.39, 0.29) is 0 Å². The lowest BCUT2D eigenvalue weighted by Gasteiger charge is -2.32. The van der Waals surface area contributed by atoms with Crippen LogP contribution in [0.15, 0.2) is 18.2 Å². The highest BCUT2D eigenvalue weighted by atomic mass is 16.3. The Hall–Kier alpha value is -1.57. The molecule has 19 heavy (non-hydrogen) atoms. The number of benzene rings is 1. The van der Waals surface area contributed by atoms with Crippen molar-refractivity contribution in [1.29, 1.82) is 5.26 Å². The summed E-state index contributed by atoms with van der Waals surface area (Å²) in [5.41, 5.74) is 1.28. The van der Waals surface area contributed by atoms with Gasteiger partial charge in [-0.3, -0.25) is 0 Å². The lowest BCUT2D eigenvalue weighted by Crippen LogP contribution is -2.39. The highest BCUT2D eigenvalue weighted by Gasteiger charge is 2.21. The van der Waals surface area contributed by atoms with Gasteiger partial charge in [0.1, 0.15) is 0 Å². The first-order chi connectivity index (χ1) is 8.78. The molecule has 0 saturated carbocycles. The standard InChI is InChI=1S/C15H22N2O2/c1-5-17(10-15(3,4)19)14-8-12(9-16)6-7-13(14)11(2)18/h6-8,11,18-19H,5,10H2,1-4H3/t11-/m1/s1. The molecule has 0 fully saturated rings. The van der Waals surface area contributed by atoms with E-state index in [2.05, 4.69) is 6.07 Å². The first-order valence-electron chi connectivity index (χ1n) is 6.48. The molecule has 0 saturated heterocycles. The first kappa shape index (κ1) is 15.5. The lowest BCUT2D eigenvalue weighted by molar-refractivity contribution is 0.0873. The van der Waals surface area contributed by atoms with E-state index in [1.54, 1.807) is 39.0 Å². The maximum atomic E-state index is 9.97. The molecule has 0 aliphatic carbocycles. The van der Waals surface area contributed by atoms with Crippen molar-refractivity contribution < 1.29 is 10.2 Å². The largest absolute Gasteiger partial charge is 0.389 e. The average molecular weight is 262 g/mol. The molecule has 0 aliphatic rings. The van der Waals surface area contributed by atoms with Gasteiger partial charge in [0, 0.05) is 24.3 Å². The van der Waals surface area contributed by atoms with Crippen LogP contribution in [0.3, 0.4) is 0 Å². The molecule has 0 unspecified atom stereocenters. The molecule has 1 aromatic carbocycles. The number of aliphatic hydroxyl groups is 2. The summed E-state index contributed by atoms with van der Waals surface area (Å²) in [4.78, 5) is 1.98. The maximum absolute atomic E-state index is 9.97. The summed E-state index contributed by atoms with van der Waals surface area (Å²) >= 11 is 0. The summed E-state index contributed by atoms with van der Waals surface area (Å²) in [5, 5.41) is 28.8. The minimum Gasteiger partial charge on any atom is -0.389 e. The fourth-order valence-corrected chi connectivity index (χ4v) is 2.07. The Labute approximate surface area is 114 Å². The predicted octanol–water partition coefficient (Wildman–Crippen LogP) is 2.21. The zero-order valence-corrected chi connectivity index (χ0v) is 12.0. The first-order valence-corrected chi connectivity index (χ1v) is 6.48. The Morgan fingerprint density at radius 1 is 1.42 bits per heavy atom. The van der Waals surface area contributed by atoms with Gasteiger partial charge in [0.2, 0.25) is 0 Å². The number of hydrogen-bond donors (Lipinski definition) is 2. The molecular weight excluding hydrogens is 240 g/mol. The third-order valence-corrected chi connectivity index (χ3v) is 2.91. The molecule has 0 heterocycles. The van der Waals surface area contributed by atoms with Crippen LogP contribution in [-0.2, 0) is 0 Å². The minimum absolute atomic E-state index is 0.443. The monoisotopic (exact) mass is 262 g/mol. The molecule has 0 radical (unpaired) electrons. The smallest absolute Gasteiger partial charge is 0.0992 e. The van der Waals surface area contributed by atoms with Crippen molar-refractivity contribution in [2.45, 2.75) is 39.4 Å². The quantitative estimate of drug-likeness (QED) is 0.853. The van der Waals surface area contributed by atoms with Crippen molar-refractivity contribution >= 4 is 5.69 Å². The summed E-state index contributed by atoms with van der Waals surface area (Å²) in [6, 6.07) is 7.33. The van der Waals surface area contributed by atoms with Gasteiger partial charge >= 0.3 is 0 Å². The van der Waals surface area contributed by atoms with Gasteiger partial charge in [-0.1, -0.05) is 6.07 Å². The fraction of sp³-hybridized carbons (Fsp3) is 0.533. The van der Waals surface area contributed by atoms with Crippen LogP contribution in [0.25, 0.3) is 0 Å². The Morgan fingerprint density at radius 3 is 2.47 bits per heavy atom. The molecule has 2 N–H and O–H groups in total. The van der Waals surface area contributed by atoms with E-state index in [0.29, 0.717) is 18.7 Å². The number of aliphatic hydroxyl groups excluding tert-OH is 1. The molecule has 0 aliphatic heterocycles. The normalized spacial score (nSPS) is 12.9. The zero-order chi connectivity index (χ0) is 14.6. The van der Waals surface area contributed by atoms with Crippen LogP contribution in [-0.4, -0.2) is 28.9 Å². The molecule has 0 amide bonds. The Bertz CT molecular complexity index is 470. The predicted molar refractivity (Wildman–Crippen MR) is 76.0 cm³/mol. The summed E-state index contributed by atoms with van der Waals surface area (Å²) in [5.74, 6) is 0. The Morgan fingerprint density at radius 2 is 2.05 bits per heavy atom. The molecule has 1 rings (SSSR count).